The normalized spacial score (nSPS) is 15.2. The number of anilines is 1. The number of hydrogen-bond donors (Lipinski definition) is 1. The molecule has 0 bridgehead atoms. The summed E-state index contributed by atoms with van der Waals surface area (Å²) >= 11 is 0. The number of ether oxygens (including phenoxy) is 1. The smallest absolute Gasteiger partial charge is 0.240 e. The Morgan fingerprint density at radius 2 is 2.12 bits per heavy atom. The van der Waals surface area contributed by atoms with Gasteiger partial charge in [0.05, 0.1) is 25.0 Å². The van der Waals surface area contributed by atoms with Gasteiger partial charge in [0.2, 0.25) is 11.8 Å². The van der Waals surface area contributed by atoms with Crippen molar-refractivity contribution in [2.75, 3.05) is 18.1 Å². The molecule has 0 saturated carbocycles. The number of fused-ring (bicyclic) bond motifs is 1. The predicted octanol–water partition coefficient (Wildman–Crippen LogP) is 2.14. The summed E-state index contributed by atoms with van der Waals surface area (Å²) in [7, 11) is 0. The Bertz CT molecular complexity index is 712. The fraction of sp³-hybridized carbons (Fsp3) is 0.333. The minimum atomic E-state index is -0.209. The molecule has 0 spiro atoms. The number of para-hydroxylation sites is 2. The molecule has 1 aromatic heterocycles. The molecule has 1 atom stereocenters. The largest absolute Gasteiger partial charge is 0.491 e. The van der Waals surface area contributed by atoms with E-state index in [4.69, 9.17) is 9.15 Å². The van der Waals surface area contributed by atoms with Gasteiger partial charge in [-0.2, -0.15) is 0 Å². The summed E-state index contributed by atoms with van der Waals surface area (Å²) in [6.45, 7) is 2.20. The number of benzene rings is 1. The van der Waals surface area contributed by atoms with Crippen LogP contribution in [0.5, 0.6) is 5.75 Å². The summed E-state index contributed by atoms with van der Waals surface area (Å²) in [5.41, 5.74) is 0.633. The number of carbonyl (C=O) groups is 2. The SMILES string of the molecule is C[C@@H](Cc1ccco1)NC(=O)CN1C(=O)CCOc2ccccc21. The number of carbonyl (C=O) groups excluding carboxylic acids is 2. The highest BCUT2D eigenvalue weighted by molar-refractivity contribution is 6.00. The Hall–Kier alpha value is -2.76. The average Bonchev–Trinajstić information content (AvgIpc) is 3.00. The molecule has 3 rings (SSSR count). The van der Waals surface area contributed by atoms with Crippen molar-refractivity contribution in [2.45, 2.75) is 25.8 Å². The second kappa shape index (κ2) is 7.21. The number of furan rings is 1. The second-order valence-corrected chi connectivity index (χ2v) is 5.80. The van der Waals surface area contributed by atoms with Crippen LogP contribution in [-0.2, 0) is 16.0 Å². The van der Waals surface area contributed by atoms with E-state index in [1.165, 1.54) is 4.90 Å². The zero-order valence-electron chi connectivity index (χ0n) is 13.5. The molecule has 24 heavy (non-hydrogen) atoms. The molecule has 1 aliphatic rings. The molecule has 6 heteroatoms. The van der Waals surface area contributed by atoms with Crippen molar-refractivity contribution in [2.24, 2.45) is 0 Å². The lowest BCUT2D eigenvalue weighted by Gasteiger charge is -2.22. The van der Waals surface area contributed by atoms with Crippen LogP contribution in [-0.4, -0.2) is 31.0 Å². The molecule has 1 aromatic carbocycles. The quantitative estimate of drug-likeness (QED) is 0.913. The van der Waals surface area contributed by atoms with Gasteiger partial charge in [-0.25, -0.2) is 0 Å². The van der Waals surface area contributed by atoms with E-state index < -0.39 is 0 Å². The molecule has 126 valence electrons. The van der Waals surface area contributed by atoms with Gasteiger partial charge in [0.15, 0.2) is 0 Å². The van der Waals surface area contributed by atoms with Gasteiger partial charge < -0.3 is 14.5 Å². The summed E-state index contributed by atoms with van der Waals surface area (Å²) in [6.07, 6.45) is 2.47. The fourth-order valence-electron chi connectivity index (χ4n) is 2.74. The van der Waals surface area contributed by atoms with Gasteiger partial charge in [0, 0.05) is 12.5 Å². The molecule has 0 saturated heterocycles. The molecule has 0 fully saturated rings. The van der Waals surface area contributed by atoms with E-state index in [9.17, 15) is 9.59 Å². The van der Waals surface area contributed by atoms with Crippen LogP contribution < -0.4 is 15.0 Å². The van der Waals surface area contributed by atoms with Crippen LogP contribution in [0.2, 0.25) is 0 Å². The van der Waals surface area contributed by atoms with Crippen molar-refractivity contribution in [1.29, 1.82) is 0 Å². The summed E-state index contributed by atoms with van der Waals surface area (Å²) < 4.78 is 10.9. The maximum absolute atomic E-state index is 12.3. The molecule has 1 N–H and O–H groups in total. The van der Waals surface area contributed by atoms with Crippen molar-refractivity contribution in [3.8, 4) is 5.75 Å². The summed E-state index contributed by atoms with van der Waals surface area (Å²) in [5, 5.41) is 2.90. The third-order valence-corrected chi connectivity index (χ3v) is 3.83. The van der Waals surface area contributed by atoms with Crippen LogP contribution in [0.15, 0.2) is 47.1 Å². The molecule has 0 radical (unpaired) electrons. The lowest BCUT2D eigenvalue weighted by atomic mass is 10.2. The van der Waals surface area contributed by atoms with Gasteiger partial charge >= 0.3 is 0 Å². The van der Waals surface area contributed by atoms with Crippen molar-refractivity contribution in [1.82, 2.24) is 5.32 Å². The molecule has 2 aromatic rings. The molecule has 2 amide bonds. The minimum Gasteiger partial charge on any atom is -0.491 e. The van der Waals surface area contributed by atoms with E-state index in [1.807, 2.05) is 31.2 Å². The monoisotopic (exact) mass is 328 g/mol. The summed E-state index contributed by atoms with van der Waals surface area (Å²) in [4.78, 5) is 26.1. The zero-order chi connectivity index (χ0) is 16.9. The molecular formula is C18H20N2O4. The highest BCUT2D eigenvalue weighted by Gasteiger charge is 2.25. The Kier molecular flexibility index (Phi) is 4.84. The first-order valence-corrected chi connectivity index (χ1v) is 7.97. The number of amides is 2. The molecule has 0 unspecified atom stereocenters. The average molecular weight is 328 g/mol. The fourth-order valence-corrected chi connectivity index (χ4v) is 2.74. The lowest BCUT2D eigenvalue weighted by molar-refractivity contribution is -0.124. The maximum Gasteiger partial charge on any atom is 0.240 e. The van der Waals surface area contributed by atoms with Gasteiger partial charge in [-0.3, -0.25) is 14.5 Å². The van der Waals surface area contributed by atoms with E-state index in [1.54, 1.807) is 18.4 Å². The molecule has 1 aliphatic heterocycles. The topological polar surface area (TPSA) is 71.8 Å². The lowest BCUT2D eigenvalue weighted by Crippen LogP contribution is -2.44. The standard InChI is InChI=1S/C18H20N2O4/c1-13(11-14-5-4-9-23-14)19-17(21)12-20-15-6-2-3-7-16(15)24-10-8-18(20)22/h2-7,9,13H,8,10-12H2,1H3,(H,19,21)/t13-/m0/s1. The number of hydrogen-bond acceptors (Lipinski definition) is 4. The van der Waals surface area contributed by atoms with E-state index in [-0.39, 0.29) is 30.8 Å². The van der Waals surface area contributed by atoms with Gasteiger partial charge in [-0.1, -0.05) is 12.1 Å². The van der Waals surface area contributed by atoms with Gasteiger partial charge in [0.1, 0.15) is 18.1 Å². The molecule has 6 nitrogen and oxygen atoms in total. The Morgan fingerprint density at radius 3 is 2.92 bits per heavy atom. The molecule has 0 aliphatic carbocycles. The minimum absolute atomic E-state index is 0.0261. The first kappa shape index (κ1) is 16.1. The van der Waals surface area contributed by atoms with Crippen LogP contribution in [0, 0.1) is 0 Å². The first-order chi connectivity index (χ1) is 11.6. The Labute approximate surface area is 140 Å². The van der Waals surface area contributed by atoms with Gasteiger partial charge in [-0.05, 0) is 31.2 Å². The van der Waals surface area contributed by atoms with Crippen molar-refractivity contribution >= 4 is 17.5 Å². The van der Waals surface area contributed by atoms with Crippen LogP contribution >= 0.6 is 0 Å². The van der Waals surface area contributed by atoms with E-state index in [2.05, 4.69) is 5.32 Å². The van der Waals surface area contributed by atoms with E-state index in [0.717, 1.165) is 5.76 Å². The van der Waals surface area contributed by atoms with E-state index >= 15 is 0 Å². The third kappa shape index (κ3) is 3.76. The van der Waals surface area contributed by atoms with Crippen molar-refractivity contribution in [3.63, 3.8) is 0 Å². The maximum atomic E-state index is 12.3. The second-order valence-electron chi connectivity index (χ2n) is 5.80. The van der Waals surface area contributed by atoms with Crippen LogP contribution in [0.25, 0.3) is 0 Å². The number of nitrogens with one attached hydrogen (secondary N) is 1. The number of nitrogens with zero attached hydrogens (tertiary/aromatic N) is 1. The van der Waals surface area contributed by atoms with Gasteiger partial charge in [-0.15, -0.1) is 0 Å². The Morgan fingerprint density at radius 1 is 1.29 bits per heavy atom. The summed E-state index contributed by atoms with van der Waals surface area (Å²) in [5.74, 6) is 1.11. The van der Waals surface area contributed by atoms with E-state index in [0.29, 0.717) is 24.5 Å². The molecule has 2 heterocycles. The first-order valence-electron chi connectivity index (χ1n) is 7.97. The van der Waals surface area contributed by atoms with Crippen LogP contribution in [0.4, 0.5) is 5.69 Å². The molecular weight excluding hydrogens is 308 g/mol. The third-order valence-electron chi connectivity index (χ3n) is 3.83. The van der Waals surface area contributed by atoms with Gasteiger partial charge in [0.25, 0.3) is 0 Å². The predicted molar refractivity (Wildman–Crippen MR) is 88.9 cm³/mol. The highest BCUT2D eigenvalue weighted by Crippen LogP contribution is 2.30. The highest BCUT2D eigenvalue weighted by atomic mass is 16.5. The Balaban J connectivity index is 1.65. The number of rotatable bonds is 5. The van der Waals surface area contributed by atoms with Crippen molar-refractivity contribution in [3.05, 3.63) is 48.4 Å². The van der Waals surface area contributed by atoms with Crippen LogP contribution in [0.3, 0.4) is 0 Å². The van der Waals surface area contributed by atoms with Crippen LogP contribution in [0.1, 0.15) is 19.1 Å². The van der Waals surface area contributed by atoms with Crippen molar-refractivity contribution < 1.29 is 18.7 Å². The zero-order valence-corrected chi connectivity index (χ0v) is 13.5. The summed E-state index contributed by atoms with van der Waals surface area (Å²) in [6, 6.07) is 10.9.